The summed E-state index contributed by atoms with van der Waals surface area (Å²) in [4.78, 5) is 22.5. The molecule has 0 amide bonds. The van der Waals surface area contributed by atoms with Crippen molar-refractivity contribution in [2.45, 2.75) is 24.5 Å². The Bertz CT molecular complexity index is 997. The first-order chi connectivity index (χ1) is 12.9. The number of aromatic nitrogens is 4. The van der Waals surface area contributed by atoms with E-state index >= 15 is 0 Å². The van der Waals surface area contributed by atoms with Gasteiger partial charge in [-0.2, -0.15) is 9.05 Å². The molecule has 0 bridgehead atoms. The molecule has 2 aliphatic rings. The van der Waals surface area contributed by atoms with Gasteiger partial charge in [-0.25, -0.2) is 19.8 Å². The van der Waals surface area contributed by atoms with Gasteiger partial charge in [0.1, 0.15) is 25.1 Å². The quantitative estimate of drug-likeness (QED) is 0.408. The molecule has 0 aliphatic carbocycles. The first-order valence-corrected chi connectivity index (χ1v) is 9.68. The van der Waals surface area contributed by atoms with Crippen molar-refractivity contribution in [3.05, 3.63) is 24.7 Å². The fourth-order valence-electron chi connectivity index (χ4n) is 3.33. The van der Waals surface area contributed by atoms with Crippen molar-refractivity contribution >= 4 is 32.4 Å². The Hall–Kier alpha value is -2.08. The van der Waals surface area contributed by atoms with Gasteiger partial charge >= 0.3 is 15.4 Å². The Labute approximate surface area is 154 Å². The number of furan rings is 1. The number of nitrogens with zero attached hydrogens (tertiary/aromatic N) is 4. The molecule has 2 saturated heterocycles. The molecule has 0 aromatic carbocycles. The molecule has 5 rings (SSSR count). The second-order valence-corrected chi connectivity index (χ2v) is 7.80. The highest BCUT2D eigenvalue weighted by molar-refractivity contribution is 7.85. The van der Waals surface area contributed by atoms with Crippen molar-refractivity contribution in [1.29, 1.82) is 0 Å². The number of rotatable bonds is 2. The lowest BCUT2D eigenvalue weighted by atomic mass is 10.1. The lowest BCUT2D eigenvalue weighted by Crippen LogP contribution is -2.40. The van der Waals surface area contributed by atoms with Crippen molar-refractivity contribution in [3.63, 3.8) is 0 Å². The van der Waals surface area contributed by atoms with Crippen molar-refractivity contribution < 1.29 is 28.2 Å². The van der Waals surface area contributed by atoms with E-state index in [0.717, 1.165) is 0 Å². The van der Waals surface area contributed by atoms with E-state index in [1.807, 2.05) is 0 Å². The number of fused-ring (bicyclic) bond motifs is 2. The molecule has 5 heterocycles. The van der Waals surface area contributed by atoms with Gasteiger partial charge in [-0.1, -0.05) is 0 Å². The topological polar surface area (TPSA) is 151 Å². The Morgan fingerprint density at radius 2 is 2.22 bits per heavy atom. The predicted molar refractivity (Wildman–Crippen MR) is 93.1 cm³/mol. The number of hydrogen-bond donors (Lipinski definition) is 3. The van der Waals surface area contributed by atoms with Gasteiger partial charge in [-0.05, 0) is 12.1 Å². The summed E-state index contributed by atoms with van der Waals surface area (Å²) in [5.74, 6) is 0.958. The Morgan fingerprint density at radius 1 is 1.37 bits per heavy atom. The molecular weight excluding hydrogens is 376 g/mol. The van der Waals surface area contributed by atoms with Gasteiger partial charge in [-0.3, -0.25) is 4.57 Å². The number of ether oxygens (including phenoxy) is 1. The van der Waals surface area contributed by atoms with E-state index < -0.39 is 32.4 Å². The van der Waals surface area contributed by atoms with Crippen LogP contribution in [0.2, 0.25) is 0 Å². The summed E-state index contributed by atoms with van der Waals surface area (Å²) >= 11 is 0. The molecule has 2 radical (unpaired) electrons. The van der Waals surface area contributed by atoms with Crippen molar-refractivity contribution in [2.75, 3.05) is 12.3 Å². The number of hydrogen-bond acceptors (Lipinski definition) is 10. The standard InChI is InChI=1S/C14H14BN5O6P/c15-27(22)24-4-7-10(26-27)9(21)14(25-7)20-12(6-2-1-3-23-6)19-8-11(16)17-5-18-13(8)20/h1-3,5,7,9-10,14,21-22H,4H2,(H2,16,17,18)/q+1/t7-,9?,10-,14-,27?/m1/s1. The van der Waals surface area contributed by atoms with Crippen molar-refractivity contribution in [2.24, 2.45) is 0 Å². The van der Waals surface area contributed by atoms with E-state index in [-0.39, 0.29) is 12.4 Å². The van der Waals surface area contributed by atoms with Crippen LogP contribution in [0.4, 0.5) is 5.82 Å². The fraction of sp³-hybridized carbons (Fsp3) is 0.357. The highest BCUT2D eigenvalue weighted by Crippen LogP contribution is 2.58. The number of nitrogens with two attached hydrogens (primary N) is 1. The zero-order valence-corrected chi connectivity index (χ0v) is 14.6. The molecule has 0 saturated carbocycles. The van der Waals surface area contributed by atoms with Crippen LogP contribution in [-0.2, 0) is 13.8 Å². The van der Waals surface area contributed by atoms with E-state index in [2.05, 4.69) is 15.0 Å². The summed E-state index contributed by atoms with van der Waals surface area (Å²) in [6, 6.07) is 3.41. The monoisotopic (exact) mass is 390 g/mol. The van der Waals surface area contributed by atoms with Gasteiger partial charge in [0.2, 0.25) is 0 Å². The van der Waals surface area contributed by atoms with E-state index in [0.29, 0.717) is 22.7 Å². The molecule has 4 N–H and O–H groups in total. The molecular formula is C14H14BN5O6P+. The lowest BCUT2D eigenvalue weighted by molar-refractivity contribution is -0.0599. The zero-order valence-electron chi connectivity index (χ0n) is 13.7. The predicted octanol–water partition coefficient (Wildman–Crippen LogP) is 0.181. The van der Waals surface area contributed by atoms with Crippen LogP contribution < -0.4 is 5.73 Å². The molecule has 27 heavy (non-hydrogen) atoms. The SMILES string of the molecule is [B][P+]1(O)OC[C@H]2O[C@@H](n3c(-c4ccco4)nc4c(N)ncnc43)C(O)[C@@H]2O1. The van der Waals surface area contributed by atoms with Gasteiger partial charge in [0, 0.05) is 0 Å². The number of aliphatic hydroxyl groups is 1. The maximum atomic E-state index is 10.8. The van der Waals surface area contributed by atoms with E-state index in [9.17, 15) is 10.00 Å². The highest BCUT2D eigenvalue weighted by Gasteiger charge is 2.57. The third kappa shape index (κ3) is 2.65. The Balaban J connectivity index is 1.65. The number of nitrogen functional groups attached to an aromatic ring is 1. The van der Waals surface area contributed by atoms with Crippen LogP contribution in [0.1, 0.15) is 6.23 Å². The minimum atomic E-state index is -3.49. The molecule has 11 nitrogen and oxygen atoms in total. The summed E-state index contributed by atoms with van der Waals surface area (Å²) in [7, 11) is 2.07. The Morgan fingerprint density at radius 3 is 3.00 bits per heavy atom. The van der Waals surface area contributed by atoms with E-state index in [1.165, 1.54) is 12.6 Å². The molecule has 0 spiro atoms. The van der Waals surface area contributed by atoms with Gasteiger partial charge in [0.05, 0.1) is 6.26 Å². The van der Waals surface area contributed by atoms with Crippen LogP contribution in [0.25, 0.3) is 22.7 Å². The molecule has 138 valence electrons. The zero-order chi connectivity index (χ0) is 18.8. The molecule has 5 atom stereocenters. The second kappa shape index (κ2) is 5.96. The maximum absolute atomic E-state index is 10.8. The van der Waals surface area contributed by atoms with Crippen LogP contribution in [0, 0.1) is 0 Å². The van der Waals surface area contributed by atoms with Crippen LogP contribution in [-0.4, -0.2) is 62.0 Å². The fourth-order valence-corrected chi connectivity index (χ4v) is 4.36. The molecule has 3 aromatic heterocycles. The summed E-state index contributed by atoms with van der Waals surface area (Å²) in [5.41, 5.74) is 6.63. The molecule has 3 aromatic rings. The van der Waals surface area contributed by atoms with Crippen LogP contribution >= 0.6 is 7.82 Å². The average Bonchev–Trinajstić information content (AvgIpc) is 3.33. The average molecular weight is 390 g/mol. The number of aliphatic hydroxyl groups excluding tert-OH is 1. The highest BCUT2D eigenvalue weighted by atomic mass is 31.2. The normalized spacial score (nSPS) is 33.4. The first-order valence-electron chi connectivity index (χ1n) is 8.04. The third-order valence-corrected chi connectivity index (χ3v) is 5.57. The summed E-state index contributed by atoms with van der Waals surface area (Å²) in [5, 5.41) is 10.8. The molecule has 13 heteroatoms. The minimum absolute atomic E-state index is 0.0150. The minimum Gasteiger partial charge on any atom is -0.461 e. The summed E-state index contributed by atoms with van der Waals surface area (Å²) < 4.78 is 23.4. The van der Waals surface area contributed by atoms with Crippen LogP contribution in [0.3, 0.4) is 0 Å². The van der Waals surface area contributed by atoms with E-state index in [4.69, 9.17) is 31.5 Å². The van der Waals surface area contributed by atoms with Crippen molar-refractivity contribution in [1.82, 2.24) is 19.5 Å². The lowest BCUT2D eigenvalue weighted by Gasteiger charge is -2.27. The summed E-state index contributed by atoms with van der Waals surface area (Å²) in [6.45, 7) is -0.0150. The number of imidazole rings is 1. The van der Waals surface area contributed by atoms with Gasteiger partial charge < -0.3 is 20.0 Å². The van der Waals surface area contributed by atoms with Crippen molar-refractivity contribution in [3.8, 4) is 11.6 Å². The molecule has 2 aliphatic heterocycles. The first kappa shape index (κ1) is 17.1. The second-order valence-electron chi connectivity index (χ2n) is 6.20. The molecule has 2 fully saturated rings. The summed E-state index contributed by atoms with van der Waals surface area (Å²) in [6.07, 6.45) is -0.823. The third-order valence-electron chi connectivity index (χ3n) is 4.51. The van der Waals surface area contributed by atoms with E-state index in [1.54, 1.807) is 16.7 Å². The smallest absolute Gasteiger partial charge is 0.461 e. The van der Waals surface area contributed by atoms with Crippen LogP contribution in [0.15, 0.2) is 29.1 Å². The Kier molecular flexibility index (Phi) is 3.77. The van der Waals surface area contributed by atoms with Gasteiger partial charge in [0.25, 0.3) is 0 Å². The van der Waals surface area contributed by atoms with Gasteiger partial charge in [0.15, 0.2) is 40.9 Å². The molecule has 2 unspecified atom stereocenters. The van der Waals surface area contributed by atoms with Crippen LogP contribution in [0.5, 0.6) is 0 Å². The number of anilines is 1. The maximum Gasteiger partial charge on any atom is 0.488 e. The van der Waals surface area contributed by atoms with Gasteiger partial charge in [-0.15, -0.1) is 0 Å². The largest absolute Gasteiger partial charge is 0.488 e.